The zero-order valence-corrected chi connectivity index (χ0v) is 11.8. The number of nitrogen functional groups attached to an aromatic ring is 1. The number of nitrogens with zero attached hydrogens (tertiary/aromatic N) is 1. The summed E-state index contributed by atoms with van der Waals surface area (Å²) < 4.78 is 5.55. The maximum Gasteiger partial charge on any atom is 0.325 e. The van der Waals surface area contributed by atoms with Crippen molar-refractivity contribution in [2.45, 2.75) is 31.2 Å². The highest BCUT2D eigenvalue weighted by atomic mass is 16.5. The van der Waals surface area contributed by atoms with E-state index >= 15 is 0 Å². The molecule has 3 amide bonds. The van der Waals surface area contributed by atoms with Crippen molar-refractivity contribution in [1.82, 2.24) is 10.2 Å². The van der Waals surface area contributed by atoms with Crippen LogP contribution in [0.25, 0.3) is 0 Å². The predicted molar refractivity (Wildman–Crippen MR) is 77.8 cm³/mol. The highest BCUT2D eigenvalue weighted by Gasteiger charge is 2.52. The minimum absolute atomic E-state index is 0.116. The Hall–Kier alpha value is -2.24. The zero-order valence-electron chi connectivity index (χ0n) is 11.8. The number of nitrogens with two attached hydrogens (primary N) is 1. The summed E-state index contributed by atoms with van der Waals surface area (Å²) in [4.78, 5) is 25.6. The number of carbonyl (C=O) groups is 2. The summed E-state index contributed by atoms with van der Waals surface area (Å²) in [5.74, 6) is 0.453. The van der Waals surface area contributed by atoms with Crippen LogP contribution in [0.4, 0.5) is 10.5 Å². The Bertz CT molecular complexity index is 567. The van der Waals surface area contributed by atoms with Crippen LogP contribution < -0.4 is 15.8 Å². The molecule has 0 atom stereocenters. The minimum atomic E-state index is -0.650. The third kappa shape index (κ3) is 2.41. The van der Waals surface area contributed by atoms with Crippen molar-refractivity contribution < 1.29 is 14.3 Å². The van der Waals surface area contributed by atoms with Crippen LogP contribution in [0.1, 0.15) is 25.7 Å². The number of para-hydroxylation sites is 2. The van der Waals surface area contributed by atoms with Gasteiger partial charge in [0.1, 0.15) is 17.9 Å². The first kappa shape index (κ1) is 13.7. The summed E-state index contributed by atoms with van der Waals surface area (Å²) in [6.45, 7) is 0.476. The molecular weight excluding hydrogens is 270 g/mol. The molecule has 1 aromatic rings. The molecule has 1 spiro atoms. The molecule has 6 nitrogen and oxygen atoms in total. The normalized spacial score (nSPS) is 20.1. The van der Waals surface area contributed by atoms with Gasteiger partial charge >= 0.3 is 6.03 Å². The molecule has 21 heavy (non-hydrogen) atoms. The van der Waals surface area contributed by atoms with Gasteiger partial charge < -0.3 is 15.8 Å². The molecule has 6 heteroatoms. The lowest BCUT2D eigenvalue weighted by Crippen LogP contribution is -2.44. The van der Waals surface area contributed by atoms with E-state index in [-0.39, 0.29) is 25.1 Å². The Balaban J connectivity index is 1.59. The van der Waals surface area contributed by atoms with Crippen LogP contribution in [0.3, 0.4) is 0 Å². The molecule has 1 saturated heterocycles. The monoisotopic (exact) mass is 289 g/mol. The van der Waals surface area contributed by atoms with Crippen molar-refractivity contribution in [3.8, 4) is 5.75 Å². The van der Waals surface area contributed by atoms with Crippen LogP contribution in [0.2, 0.25) is 0 Å². The van der Waals surface area contributed by atoms with E-state index in [0.717, 1.165) is 25.7 Å². The molecule has 1 heterocycles. The topological polar surface area (TPSA) is 84.7 Å². The number of benzene rings is 1. The standard InChI is InChI=1S/C15H19N3O3/c16-11-5-1-2-6-12(11)21-10-9-18-13(19)15(17-14(18)20)7-3-4-8-15/h1-2,5-6H,3-4,7-10,16H2,(H,17,20). The van der Waals surface area contributed by atoms with Crippen molar-refractivity contribution >= 4 is 17.6 Å². The van der Waals surface area contributed by atoms with Crippen LogP contribution in [-0.4, -0.2) is 35.5 Å². The van der Waals surface area contributed by atoms with Crippen LogP contribution in [0, 0.1) is 0 Å². The van der Waals surface area contributed by atoms with Gasteiger partial charge in [-0.15, -0.1) is 0 Å². The Morgan fingerprint density at radius 1 is 1.24 bits per heavy atom. The highest BCUT2D eigenvalue weighted by Crippen LogP contribution is 2.34. The van der Waals surface area contributed by atoms with E-state index in [1.54, 1.807) is 12.1 Å². The van der Waals surface area contributed by atoms with Gasteiger partial charge in [0.15, 0.2) is 0 Å². The molecule has 3 N–H and O–H groups in total. The van der Waals surface area contributed by atoms with E-state index < -0.39 is 5.54 Å². The Morgan fingerprint density at radius 2 is 1.95 bits per heavy atom. The summed E-state index contributed by atoms with van der Waals surface area (Å²) >= 11 is 0. The number of urea groups is 1. The first-order valence-corrected chi connectivity index (χ1v) is 7.24. The molecule has 2 aliphatic rings. The third-order valence-corrected chi connectivity index (χ3v) is 4.19. The largest absolute Gasteiger partial charge is 0.490 e. The number of hydrogen-bond acceptors (Lipinski definition) is 4. The number of imide groups is 1. The van der Waals surface area contributed by atoms with Crippen LogP contribution in [0.15, 0.2) is 24.3 Å². The molecule has 1 aromatic carbocycles. The number of anilines is 1. The second-order valence-electron chi connectivity index (χ2n) is 5.56. The molecule has 112 valence electrons. The van der Waals surface area contributed by atoms with E-state index in [1.807, 2.05) is 12.1 Å². The third-order valence-electron chi connectivity index (χ3n) is 4.19. The van der Waals surface area contributed by atoms with Gasteiger partial charge in [0, 0.05) is 0 Å². The summed E-state index contributed by atoms with van der Waals surface area (Å²) in [6, 6.07) is 6.85. The second kappa shape index (κ2) is 5.27. The molecule has 0 bridgehead atoms. The maximum atomic E-state index is 12.4. The molecule has 0 aromatic heterocycles. The van der Waals surface area contributed by atoms with Crippen molar-refractivity contribution in [2.24, 2.45) is 0 Å². The lowest BCUT2D eigenvalue weighted by atomic mass is 9.98. The Morgan fingerprint density at radius 3 is 2.67 bits per heavy atom. The summed E-state index contributed by atoms with van der Waals surface area (Å²) in [7, 11) is 0. The molecule has 1 saturated carbocycles. The minimum Gasteiger partial charge on any atom is -0.490 e. The molecule has 2 fully saturated rings. The van der Waals surface area contributed by atoms with Gasteiger partial charge in [-0.2, -0.15) is 0 Å². The average Bonchev–Trinajstić information content (AvgIpc) is 3.02. The first-order valence-electron chi connectivity index (χ1n) is 7.24. The van der Waals surface area contributed by atoms with E-state index in [1.165, 1.54) is 4.90 Å². The van der Waals surface area contributed by atoms with Gasteiger partial charge in [-0.3, -0.25) is 9.69 Å². The van der Waals surface area contributed by atoms with Gasteiger partial charge in [0.05, 0.1) is 12.2 Å². The molecule has 1 aliphatic carbocycles. The molecule has 0 radical (unpaired) electrons. The first-order chi connectivity index (χ1) is 10.1. The van der Waals surface area contributed by atoms with Crippen molar-refractivity contribution in [3.63, 3.8) is 0 Å². The van der Waals surface area contributed by atoms with Crippen LogP contribution in [-0.2, 0) is 4.79 Å². The lowest BCUT2D eigenvalue weighted by Gasteiger charge is -2.20. The van der Waals surface area contributed by atoms with E-state index in [2.05, 4.69) is 5.32 Å². The Labute approximate surface area is 123 Å². The van der Waals surface area contributed by atoms with E-state index in [9.17, 15) is 9.59 Å². The van der Waals surface area contributed by atoms with Gasteiger partial charge in [0.25, 0.3) is 5.91 Å². The summed E-state index contributed by atoms with van der Waals surface area (Å²) in [5, 5.41) is 2.85. The SMILES string of the molecule is Nc1ccccc1OCCN1C(=O)NC2(CCCC2)C1=O. The fraction of sp³-hybridized carbons (Fsp3) is 0.467. The van der Waals surface area contributed by atoms with Crippen LogP contribution in [0.5, 0.6) is 5.75 Å². The number of rotatable bonds is 4. The van der Waals surface area contributed by atoms with E-state index in [0.29, 0.717) is 11.4 Å². The number of nitrogens with one attached hydrogen (secondary N) is 1. The second-order valence-corrected chi connectivity index (χ2v) is 5.56. The molecular formula is C15H19N3O3. The number of amides is 3. The van der Waals surface area contributed by atoms with E-state index in [4.69, 9.17) is 10.5 Å². The fourth-order valence-electron chi connectivity index (χ4n) is 3.06. The van der Waals surface area contributed by atoms with Gasteiger partial charge in [-0.1, -0.05) is 25.0 Å². The number of ether oxygens (including phenoxy) is 1. The molecule has 0 unspecified atom stereocenters. The highest BCUT2D eigenvalue weighted by molar-refractivity contribution is 6.07. The summed E-state index contributed by atoms with van der Waals surface area (Å²) in [5.41, 5.74) is 5.67. The molecule has 3 rings (SSSR count). The number of hydrogen-bond donors (Lipinski definition) is 2. The quantitative estimate of drug-likeness (QED) is 0.650. The number of carbonyl (C=O) groups excluding carboxylic acids is 2. The van der Waals surface area contributed by atoms with Crippen molar-refractivity contribution in [3.05, 3.63) is 24.3 Å². The van der Waals surface area contributed by atoms with Gasteiger partial charge in [-0.05, 0) is 25.0 Å². The Kier molecular flexibility index (Phi) is 3.45. The molecule has 1 aliphatic heterocycles. The van der Waals surface area contributed by atoms with Crippen molar-refractivity contribution in [2.75, 3.05) is 18.9 Å². The lowest BCUT2D eigenvalue weighted by molar-refractivity contribution is -0.131. The fourth-order valence-corrected chi connectivity index (χ4v) is 3.06. The van der Waals surface area contributed by atoms with Gasteiger partial charge in [-0.25, -0.2) is 4.79 Å². The van der Waals surface area contributed by atoms with Crippen molar-refractivity contribution in [1.29, 1.82) is 0 Å². The average molecular weight is 289 g/mol. The predicted octanol–water partition coefficient (Wildman–Crippen LogP) is 1.51. The zero-order chi connectivity index (χ0) is 14.9. The van der Waals surface area contributed by atoms with Crippen LogP contribution >= 0.6 is 0 Å². The van der Waals surface area contributed by atoms with Gasteiger partial charge in [0.2, 0.25) is 0 Å². The summed E-state index contributed by atoms with van der Waals surface area (Å²) in [6.07, 6.45) is 3.44. The maximum absolute atomic E-state index is 12.4. The smallest absolute Gasteiger partial charge is 0.325 e.